The molecule has 2 bridgehead atoms. The van der Waals surface area contributed by atoms with E-state index in [1.165, 1.54) is 12.3 Å². The Kier molecular flexibility index (Phi) is 5.16. The molecule has 0 spiro atoms. The first kappa shape index (κ1) is 22.8. The predicted molar refractivity (Wildman–Crippen MR) is 123 cm³/mol. The maximum Gasteiger partial charge on any atom is 0.573 e. The minimum absolute atomic E-state index is 0.119. The monoisotopic (exact) mass is 490 g/mol. The van der Waals surface area contributed by atoms with Crippen molar-refractivity contribution in [3.63, 3.8) is 0 Å². The van der Waals surface area contributed by atoms with Crippen LogP contribution in [0.1, 0.15) is 31.4 Å². The van der Waals surface area contributed by atoms with Gasteiger partial charge in [0.25, 0.3) is 0 Å². The zero-order valence-electron chi connectivity index (χ0n) is 19.8. The number of aromatic nitrogens is 3. The van der Waals surface area contributed by atoms with E-state index in [1.807, 2.05) is 6.07 Å². The number of nitrogens with two attached hydrogens (primary N) is 1. The summed E-state index contributed by atoms with van der Waals surface area (Å²) in [6.45, 7) is 6.79. The van der Waals surface area contributed by atoms with Gasteiger partial charge >= 0.3 is 6.36 Å². The van der Waals surface area contributed by atoms with Gasteiger partial charge < -0.3 is 25.0 Å². The van der Waals surface area contributed by atoms with Crippen LogP contribution in [0.5, 0.6) is 5.75 Å². The minimum Gasteiger partial charge on any atom is -0.402 e. The van der Waals surface area contributed by atoms with Crippen molar-refractivity contribution < 1.29 is 22.6 Å². The summed E-state index contributed by atoms with van der Waals surface area (Å²) in [5.74, 6) is 1.25. The molecule has 2 aliphatic carbocycles. The van der Waals surface area contributed by atoms with Crippen LogP contribution in [0.2, 0.25) is 0 Å². The van der Waals surface area contributed by atoms with Crippen LogP contribution in [0.15, 0.2) is 18.3 Å². The largest absolute Gasteiger partial charge is 0.573 e. The Labute approximate surface area is 201 Å². The molecule has 8 nitrogen and oxygen atoms in total. The van der Waals surface area contributed by atoms with E-state index in [4.69, 9.17) is 20.4 Å². The predicted octanol–water partition coefficient (Wildman–Crippen LogP) is 3.30. The molecule has 2 aromatic heterocycles. The van der Waals surface area contributed by atoms with Crippen molar-refractivity contribution >= 4 is 11.8 Å². The van der Waals surface area contributed by atoms with Crippen molar-refractivity contribution in [2.24, 2.45) is 17.3 Å². The zero-order chi connectivity index (χ0) is 24.5. The van der Waals surface area contributed by atoms with Crippen LogP contribution >= 0.6 is 0 Å². The number of anilines is 2. The summed E-state index contributed by atoms with van der Waals surface area (Å²) >= 11 is 0. The normalized spacial score (nSPS) is 31.4. The molecular weight excluding hydrogens is 461 g/mol. The molecule has 0 radical (unpaired) electrons. The van der Waals surface area contributed by atoms with E-state index in [9.17, 15) is 13.2 Å². The first-order valence-corrected chi connectivity index (χ1v) is 12.0. The van der Waals surface area contributed by atoms with Gasteiger partial charge in [-0.15, -0.1) is 13.2 Å². The lowest BCUT2D eigenvalue weighted by atomic mass is 9.86. The molecule has 188 valence electrons. The van der Waals surface area contributed by atoms with E-state index in [2.05, 4.69) is 26.4 Å². The third-order valence-electron chi connectivity index (χ3n) is 8.30. The Bertz CT molecular complexity index is 1140. The van der Waals surface area contributed by atoms with E-state index in [0.717, 1.165) is 44.7 Å². The van der Waals surface area contributed by atoms with Crippen LogP contribution in [0.4, 0.5) is 24.9 Å². The van der Waals surface area contributed by atoms with Crippen LogP contribution in [0.3, 0.4) is 0 Å². The van der Waals surface area contributed by atoms with Gasteiger partial charge in [-0.1, -0.05) is 6.92 Å². The van der Waals surface area contributed by atoms with Crippen molar-refractivity contribution in [3.05, 3.63) is 24.0 Å². The number of nitrogen functional groups attached to an aromatic ring is 1. The molecule has 35 heavy (non-hydrogen) atoms. The van der Waals surface area contributed by atoms with Gasteiger partial charge in [0.1, 0.15) is 0 Å². The van der Waals surface area contributed by atoms with Crippen LogP contribution in [-0.4, -0.2) is 72.2 Å². The number of hydrogen-bond acceptors (Lipinski definition) is 8. The minimum atomic E-state index is -4.86. The number of ether oxygens (including phenoxy) is 2. The fraction of sp³-hybridized carbons (Fsp3) is 0.625. The van der Waals surface area contributed by atoms with Crippen molar-refractivity contribution in [2.45, 2.75) is 38.1 Å². The SMILES string of the molecule is COCCN1CC2C(c3cc(-c4cnc(N)c(OC(F)(F)F)c4)nc(N4CC5CC4C5)n3)C2(C)C1. The summed E-state index contributed by atoms with van der Waals surface area (Å²) in [6, 6.07) is 3.61. The van der Waals surface area contributed by atoms with Gasteiger partial charge in [0.05, 0.1) is 18.0 Å². The molecule has 5 heterocycles. The Morgan fingerprint density at radius 1 is 1.20 bits per heavy atom. The number of alkyl halides is 3. The third-order valence-corrected chi connectivity index (χ3v) is 8.30. The summed E-state index contributed by atoms with van der Waals surface area (Å²) in [5.41, 5.74) is 7.68. The van der Waals surface area contributed by atoms with Crippen molar-refractivity contribution in [1.29, 1.82) is 0 Å². The lowest BCUT2D eigenvalue weighted by Gasteiger charge is -2.27. The van der Waals surface area contributed by atoms with Gasteiger partial charge in [-0.25, -0.2) is 15.0 Å². The smallest absolute Gasteiger partial charge is 0.402 e. The van der Waals surface area contributed by atoms with Gasteiger partial charge in [-0.3, -0.25) is 0 Å². The molecule has 2 N–H and O–H groups in total. The topological polar surface area (TPSA) is 89.6 Å². The summed E-state index contributed by atoms with van der Waals surface area (Å²) < 4.78 is 48.0. The zero-order valence-corrected chi connectivity index (χ0v) is 19.8. The van der Waals surface area contributed by atoms with E-state index in [1.54, 1.807) is 7.11 Å². The fourth-order valence-corrected chi connectivity index (χ4v) is 6.42. The highest BCUT2D eigenvalue weighted by Gasteiger charge is 2.66. The second-order valence-corrected chi connectivity index (χ2v) is 10.6. The fourth-order valence-electron chi connectivity index (χ4n) is 6.42. The summed E-state index contributed by atoms with van der Waals surface area (Å²) in [6.07, 6.45) is -1.12. The van der Waals surface area contributed by atoms with Gasteiger partial charge in [0, 0.05) is 57.0 Å². The summed E-state index contributed by atoms with van der Waals surface area (Å²) in [7, 11) is 1.71. The molecular formula is C24H29F3N6O2. The Morgan fingerprint density at radius 2 is 2.00 bits per heavy atom. The van der Waals surface area contributed by atoms with E-state index in [-0.39, 0.29) is 17.2 Å². The molecule has 3 unspecified atom stereocenters. The second-order valence-electron chi connectivity index (χ2n) is 10.6. The van der Waals surface area contributed by atoms with Crippen LogP contribution in [0, 0.1) is 17.3 Å². The number of likely N-dealkylation sites (tertiary alicyclic amines) is 1. The number of piperidine rings is 1. The van der Waals surface area contributed by atoms with Crippen molar-refractivity contribution in [3.8, 4) is 17.0 Å². The molecule has 2 saturated carbocycles. The molecule has 11 heteroatoms. The molecule has 5 fully saturated rings. The first-order valence-electron chi connectivity index (χ1n) is 12.0. The number of halogens is 3. The third kappa shape index (κ3) is 3.98. The summed E-state index contributed by atoms with van der Waals surface area (Å²) in [4.78, 5) is 18.4. The molecule has 5 aliphatic rings. The Balaban J connectivity index is 1.34. The van der Waals surface area contributed by atoms with E-state index >= 15 is 0 Å². The summed E-state index contributed by atoms with van der Waals surface area (Å²) in [5, 5.41) is 0. The van der Waals surface area contributed by atoms with Crippen molar-refractivity contribution in [1.82, 2.24) is 19.9 Å². The standard InChI is InChI=1S/C24H29F3N6O2/c1-23-12-32(3-4-34-2)11-16(23)20(23)18-8-17(30-22(31-18)33-10-13-5-15(33)6-13)14-7-19(21(28)29-9-14)35-24(25,26)27/h7-9,13,15-16,20H,3-6,10-12H2,1-2H3,(H2,28,29). The lowest BCUT2D eigenvalue weighted by molar-refractivity contribution is -0.274. The highest BCUT2D eigenvalue weighted by molar-refractivity contribution is 5.66. The highest BCUT2D eigenvalue weighted by Crippen LogP contribution is 2.68. The number of pyridine rings is 1. The molecule has 0 aromatic carbocycles. The number of nitrogens with zero attached hydrogens (tertiary/aromatic N) is 5. The Hall–Kier alpha value is -2.66. The average molecular weight is 491 g/mol. The van der Waals surface area contributed by atoms with Crippen LogP contribution < -0.4 is 15.4 Å². The van der Waals surface area contributed by atoms with Crippen LogP contribution in [-0.2, 0) is 4.74 Å². The Morgan fingerprint density at radius 3 is 2.63 bits per heavy atom. The van der Waals surface area contributed by atoms with Gasteiger partial charge in [0.15, 0.2) is 11.6 Å². The van der Waals surface area contributed by atoms with Gasteiger partial charge in [-0.2, -0.15) is 0 Å². The van der Waals surface area contributed by atoms with E-state index in [0.29, 0.717) is 41.7 Å². The maximum absolute atomic E-state index is 12.9. The quantitative estimate of drug-likeness (QED) is 0.633. The highest BCUT2D eigenvalue weighted by atomic mass is 19.4. The van der Waals surface area contributed by atoms with Crippen LogP contribution in [0.25, 0.3) is 11.3 Å². The number of fused-ring (bicyclic) bond motifs is 2. The first-order chi connectivity index (χ1) is 16.6. The molecule has 0 amide bonds. The van der Waals surface area contributed by atoms with Gasteiger partial charge in [0.2, 0.25) is 5.95 Å². The molecule has 3 atom stereocenters. The average Bonchev–Trinajstić information content (AvgIpc) is 3.21. The number of methoxy groups -OCH3 is 1. The van der Waals surface area contributed by atoms with E-state index < -0.39 is 12.1 Å². The molecule has 2 aromatic rings. The lowest BCUT2D eigenvalue weighted by Crippen LogP contribution is -2.31. The van der Waals surface area contributed by atoms with Crippen molar-refractivity contribution in [2.75, 3.05) is 50.5 Å². The number of rotatable bonds is 7. The molecule has 3 saturated heterocycles. The second kappa shape index (κ2) is 7.92. The van der Waals surface area contributed by atoms with Gasteiger partial charge in [-0.05, 0) is 42.2 Å². The maximum atomic E-state index is 12.9. The number of hydrogen-bond donors (Lipinski definition) is 1. The molecule has 3 aliphatic heterocycles. The molecule has 7 rings (SSSR count).